The molecule has 7 heteroatoms. The van der Waals surface area contributed by atoms with Crippen molar-refractivity contribution in [3.05, 3.63) is 88.1 Å². The Morgan fingerprint density at radius 1 is 1.10 bits per heavy atom. The minimum absolute atomic E-state index is 0.0507. The Morgan fingerprint density at radius 2 is 1.81 bits per heavy atom. The lowest BCUT2D eigenvalue weighted by molar-refractivity contribution is 0.0666. The van der Waals surface area contributed by atoms with Crippen LogP contribution in [0.2, 0.25) is 0 Å². The van der Waals surface area contributed by atoms with E-state index in [1.165, 1.54) is 6.20 Å². The summed E-state index contributed by atoms with van der Waals surface area (Å²) in [5.74, 6) is -2.12. The molecule has 0 aliphatic heterocycles. The minimum Gasteiger partial charge on any atom is -0.332 e. The third-order valence-electron chi connectivity index (χ3n) is 5.47. The molecule has 0 unspecified atom stereocenters. The van der Waals surface area contributed by atoms with Crippen molar-refractivity contribution in [2.45, 2.75) is 26.8 Å². The fourth-order valence-corrected chi connectivity index (χ4v) is 3.93. The van der Waals surface area contributed by atoms with E-state index in [4.69, 9.17) is 0 Å². The number of halogens is 2. The van der Waals surface area contributed by atoms with Gasteiger partial charge in [-0.15, -0.1) is 0 Å². The maximum Gasteiger partial charge on any atom is 0.255 e. The van der Waals surface area contributed by atoms with Gasteiger partial charge in [0.2, 0.25) is 0 Å². The topological polar surface area (TPSA) is 57.6 Å². The standard InChI is InChI=1S/C24H23F2N3O2/c1-14(2)12-29(24(31)16-8-17-6-4-5-7-28(17)13-16)15(3)20-11-27-23(30)19-10-22(26)21(25)9-18(19)20/h4-11,13-15H,12H2,1-3H3,(H,27,30)/t15-/m0/s1. The summed E-state index contributed by atoms with van der Waals surface area (Å²) >= 11 is 0. The van der Waals surface area contributed by atoms with Crippen molar-refractivity contribution >= 4 is 22.2 Å². The maximum absolute atomic E-state index is 14.0. The summed E-state index contributed by atoms with van der Waals surface area (Å²) in [6, 6.07) is 8.96. The van der Waals surface area contributed by atoms with Gasteiger partial charge < -0.3 is 14.3 Å². The number of pyridine rings is 2. The number of aromatic amines is 1. The number of aromatic nitrogens is 2. The first kappa shape index (κ1) is 20.8. The molecule has 1 N–H and O–H groups in total. The van der Waals surface area contributed by atoms with Gasteiger partial charge in [0.25, 0.3) is 11.5 Å². The molecule has 1 amide bonds. The predicted molar refractivity (Wildman–Crippen MR) is 116 cm³/mol. The molecule has 0 bridgehead atoms. The average molecular weight is 423 g/mol. The number of amides is 1. The van der Waals surface area contributed by atoms with Crippen LogP contribution in [0, 0.1) is 17.6 Å². The van der Waals surface area contributed by atoms with Crippen LogP contribution in [0.1, 0.15) is 42.7 Å². The number of carbonyl (C=O) groups excluding carboxylic acids is 1. The lowest BCUT2D eigenvalue weighted by Gasteiger charge is -2.31. The van der Waals surface area contributed by atoms with E-state index in [-0.39, 0.29) is 17.2 Å². The fraction of sp³-hybridized carbons (Fsp3) is 0.250. The van der Waals surface area contributed by atoms with Crippen LogP contribution in [0.5, 0.6) is 0 Å². The Morgan fingerprint density at radius 3 is 2.48 bits per heavy atom. The minimum atomic E-state index is -1.08. The van der Waals surface area contributed by atoms with Crippen LogP contribution in [-0.4, -0.2) is 26.7 Å². The number of H-pyrrole nitrogens is 1. The van der Waals surface area contributed by atoms with Gasteiger partial charge in [0, 0.05) is 30.7 Å². The maximum atomic E-state index is 14.0. The lowest BCUT2D eigenvalue weighted by atomic mass is 9.99. The van der Waals surface area contributed by atoms with E-state index in [1.54, 1.807) is 11.1 Å². The van der Waals surface area contributed by atoms with E-state index in [1.807, 2.05) is 55.6 Å². The lowest BCUT2D eigenvalue weighted by Crippen LogP contribution is -2.36. The number of hydrogen-bond donors (Lipinski definition) is 1. The summed E-state index contributed by atoms with van der Waals surface area (Å²) in [6.07, 6.45) is 5.12. The molecule has 4 aromatic rings. The van der Waals surface area contributed by atoms with E-state index in [2.05, 4.69) is 4.98 Å². The highest BCUT2D eigenvalue weighted by Crippen LogP contribution is 2.29. The van der Waals surface area contributed by atoms with E-state index in [0.717, 1.165) is 17.6 Å². The van der Waals surface area contributed by atoms with E-state index >= 15 is 0 Å². The van der Waals surface area contributed by atoms with Gasteiger partial charge in [-0.1, -0.05) is 19.9 Å². The molecule has 4 rings (SSSR count). The second kappa shape index (κ2) is 7.98. The second-order valence-electron chi connectivity index (χ2n) is 8.17. The molecule has 0 fully saturated rings. The smallest absolute Gasteiger partial charge is 0.255 e. The van der Waals surface area contributed by atoms with Crippen LogP contribution in [-0.2, 0) is 0 Å². The average Bonchev–Trinajstić information content (AvgIpc) is 3.17. The molecule has 0 saturated heterocycles. The van der Waals surface area contributed by atoms with Crippen molar-refractivity contribution in [2.75, 3.05) is 6.54 Å². The Hall–Kier alpha value is -3.48. The summed E-state index contributed by atoms with van der Waals surface area (Å²) < 4.78 is 29.6. The third kappa shape index (κ3) is 3.83. The van der Waals surface area contributed by atoms with Crippen molar-refractivity contribution in [3.8, 4) is 0 Å². The molecule has 3 heterocycles. The van der Waals surface area contributed by atoms with Crippen molar-refractivity contribution in [3.63, 3.8) is 0 Å². The zero-order chi connectivity index (χ0) is 22.3. The zero-order valence-corrected chi connectivity index (χ0v) is 17.5. The normalized spacial score (nSPS) is 12.6. The number of nitrogens with zero attached hydrogens (tertiary/aromatic N) is 2. The summed E-state index contributed by atoms with van der Waals surface area (Å²) in [5.41, 5.74) is 1.47. The van der Waals surface area contributed by atoms with Gasteiger partial charge in [-0.05, 0) is 54.1 Å². The number of carbonyl (C=O) groups is 1. The third-order valence-corrected chi connectivity index (χ3v) is 5.47. The SMILES string of the molecule is CC(C)CN(C(=O)c1cc2ccccn2c1)[C@@H](C)c1c[nH]c(=O)c2cc(F)c(F)cc12. The molecule has 160 valence electrons. The first-order valence-corrected chi connectivity index (χ1v) is 10.1. The molecule has 31 heavy (non-hydrogen) atoms. The Labute approximate surface area is 177 Å². The molecule has 5 nitrogen and oxygen atoms in total. The van der Waals surface area contributed by atoms with E-state index < -0.39 is 23.2 Å². The molecule has 1 atom stereocenters. The van der Waals surface area contributed by atoms with Crippen LogP contribution < -0.4 is 5.56 Å². The molecule has 0 aliphatic carbocycles. The Kier molecular flexibility index (Phi) is 5.35. The number of benzene rings is 1. The van der Waals surface area contributed by atoms with E-state index in [9.17, 15) is 18.4 Å². The van der Waals surface area contributed by atoms with Crippen molar-refractivity contribution < 1.29 is 13.6 Å². The van der Waals surface area contributed by atoms with Gasteiger partial charge in [0.1, 0.15) is 0 Å². The molecule has 1 aromatic carbocycles. The molecule has 3 aromatic heterocycles. The summed E-state index contributed by atoms with van der Waals surface area (Å²) in [6.45, 7) is 6.29. The van der Waals surface area contributed by atoms with Crippen LogP contribution in [0.25, 0.3) is 16.3 Å². The highest BCUT2D eigenvalue weighted by Gasteiger charge is 2.26. The predicted octanol–water partition coefficient (Wildman–Crippen LogP) is 4.92. The van der Waals surface area contributed by atoms with Gasteiger partial charge in [0.05, 0.1) is 17.0 Å². The van der Waals surface area contributed by atoms with Crippen molar-refractivity contribution in [1.82, 2.24) is 14.3 Å². The highest BCUT2D eigenvalue weighted by molar-refractivity contribution is 5.96. The van der Waals surface area contributed by atoms with Gasteiger partial charge in [-0.3, -0.25) is 9.59 Å². The van der Waals surface area contributed by atoms with Gasteiger partial charge in [0.15, 0.2) is 11.6 Å². The van der Waals surface area contributed by atoms with Gasteiger partial charge >= 0.3 is 0 Å². The first-order valence-electron chi connectivity index (χ1n) is 10.1. The summed E-state index contributed by atoms with van der Waals surface area (Å²) in [5, 5.41) is 0.341. The monoisotopic (exact) mass is 423 g/mol. The second-order valence-corrected chi connectivity index (χ2v) is 8.17. The van der Waals surface area contributed by atoms with Crippen molar-refractivity contribution in [2.24, 2.45) is 5.92 Å². The molecule has 0 spiro atoms. The van der Waals surface area contributed by atoms with Crippen LogP contribution in [0.4, 0.5) is 8.78 Å². The van der Waals surface area contributed by atoms with Crippen molar-refractivity contribution in [1.29, 1.82) is 0 Å². The number of rotatable bonds is 5. The summed E-state index contributed by atoms with van der Waals surface area (Å²) in [7, 11) is 0. The first-order chi connectivity index (χ1) is 14.8. The Bertz CT molecular complexity index is 1310. The van der Waals surface area contributed by atoms with Gasteiger partial charge in [-0.2, -0.15) is 0 Å². The zero-order valence-electron chi connectivity index (χ0n) is 17.5. The number of hydrogen-bond acceptors (Lipinski definition) is 2. The Balaban J connectivity index is 1.81. The molecular weight excluding hydrogens is 400 g/mol. The fourth-order valence-electron chi connectivity index (χ4n) is 3.93. The molecule has 0 saturated carbocycles. The molecular formula is C24H23F2N3O2. The quantitative estimate of drug-likeness (QED) is 0.495. The van der Waals surface area contributed by atoms with Gasteiger partial charge in [-0.25, -0.2) is 8.78 Å². The van der Waals surface area contributed by atoms with Crippen LogP contribution in [0.15, 0.2) is 59.8 Å². The summed E-state index contributed by atoms with van der Waals surface area (Å²) in [4.78, 5) is 30.0. The van der Waals surface area contributed by atoms with Crippen LogP contribution in [0.3, 0.4) is 0 Å². The highest BCUT2D eigenvalue weighted by atomic mass is 19.2. The number of nitrogens with one attached hydrogen (secondary N) is 1. The molecule has 0 radical (unpaired) electrons. The van der Waals surface area contributed by atoms with Crippen LogP contribution >= 0.6 is 0 Å². The largest absolute Gasteiger partial charge is 0.332 e. The van der Waals surface area contributed by atoms with E-state index in [0.29, 0.717) is 23.1 Å². The molecule has 0 aliphatic rings. The number of fused-ring (bicyclic) bond motifs is 2.